The number of benzene rings is 1. The molecular weight excluding hydrogens is 329 g/mol. The second-order valence-electron chi connectivity index (χ2n) is 4.72. The van der Waals surface area contributed by atoms with Crippen molar-refractivity contribution in [1.29, 1.82) is 0 Å². The van der Waals surface area contributed by atoms with E-state index in [1.54, 1.807) is 0 Å². The third kappa shape index (κ3) is 5.05. The van der Waals surface area contributed by atoms with Crippen LogP contribution in [0.25, 0.3) is 0 Å². The van der Waals surface area contributed by atoms with E-state index in [0.29, 0.717) is 10.0 Å². The minimum atomic E-state index is -0.308. The molecule has 1 nitrogen and oxygen atoms in total. The maximum absolute atomic E-state index is 14.2. The number of hydrogen-bond acceptors (Lipinski definition) is 1. The molecule has 0 saturated heterocycles. The Morgan fingerprint density at radius 1 is 1.26 bits per heavy atom. The Morgan fingerprint density at radius 3 is 2.63 bits per heavy atom. The highest BCUT2D eigenvalue weighted by Crippen LogP contribution is 2.32. The lowest BCUT2D eigenvalue weighted by Crippen LogP contribution is -2.22. The molecule has 4 heteroatoms. The van der Waals surface area contributed by atoms with E-state index in [2.05, 4.69) is 28.2 Å². The van der Waals surface area contributed by atoms with Gasteiger partial charge in [0.15, 0.2) is 0 Å². The average molecular weight is 351 g/mol. The van der Waals surface area contributed by atoms with Crippen molar-refractivity contribution in [3.05, 3.63) is 33.0 Å². The predicted molar refractivity (Wildman–Crippen MR) is 84.3 cm³/mol. The second kappa shape index (κ2) is 8.93. The molecule has 1 aromatic rings. The molecule has 1 atom stereocenters. The van der Waals surface area contributed by atoms with Crippen LogP contribution in [-0.4, -0.2) is 6.54 Å². The fourth-order valence-electron chi connectivity index (χ4n) is 2.20. The van der Waals surface area contributed by atoms with Gasteiger partial charge >= 0.3 is 0 Å². The summed E-state index contributed by atoms with van der Waals surface area (Å²) in [6.07, 6.45) is 5.71. The SMILES string of the molecule is CCCCCCC(NCC)c1ccc(Br)c(Cl)c1F. The van der Waals surface area contributed by atoms with E-state index in [0.717, 1.165) is 19.4 Å². The van der Waals surface area contributed by atoms with Crippen LogP contribution in [0.1, 0.15) is 57.6 Å². The van der Waals surface area contributed by atoms with Crippen molar-refractivity contribution in [2.75, 3.05) is 6.54 Å². The van der Waals surface area contributed by atoms with E-state index >= 15 is 0 Å². The highest BCUT2D eigenvalue weighted by Gasteiger charge is 2.18. The van der Waals surface area contributed by atoms with Crippen LogP contribution in [-0.2, 0) is 0 Å². The van der Waals surface area contributed by atoms with E-state index in [-0.39, 0.29) is 16.9 Å². The fraction of sp³-hybridized carbons (Fsp3) is 0.600. The highest BCUT2D eigenvalue weighted by atomic mass is 79.9. The van der Waals surface area contributed by atoms with Crippen molar-refractivity contribution >= 4 is 27.5 Å². The average Bonchev–Trinajstić information content (AvgIpc) is 2.40. The summed E-state index contributed by atoms with van der Waals surface area (Å²) in [4.78, 5) is 0. The topological polar surface area (TPSA) is 12.0 Å². The lowest BCUT2D eigenvalue weighted by Gasteiger charge is -2.19. The number of nitrogens with one attached hydrogen (secondary N) is 1. The summed E-state index contributed by atoms with van der Waals surface area (Å²) in [5.41, 5.74) is 0.673. The van der Waals surface area contributed by atoms with Crippen molar-refractivity contribution in [2.24, 2.45) is 0 Å². The Hall–Kier alpha value is -0.120. The molecule has 0 aliphatic carbocycles. The smallest absolute Gasteiger partial charge is 0.147 e. The highest BCUT2D eigenvalue weighted by molar-refractivity contribution is 9.10. The first-order chi connectivity index (χ1) is 9.11. The molecule has 1 aromatic carbocycles. The van der Waals surface area contributed by atoms with Crippen molar-refractivity contribution in [2.45, 2.75) is 52.0 Å². The number of rotatable bonds is 8. The second-order valence-corrected chi connectivity index (χ2v) is 5.96. The van der Waals surface area contributed by atoms with Crippen LogP contribution < -0.4 is 5.32 Å². The van der Waals surface area contributed by atoms with Crippen molar-refractivity contribution in [1.82, 2.24) is 5.32 Å². The molecule has 108 valence electrons. The third-order valence-electron chi connectivity index (χ3n) is 3.24. The molecule has 0 amide bonds. The maximum Gasteiger partial charge on any atom is 0.147 e. The summed E-state index contributed by atoms with van der Waals surface area (Å²) < 4.78 is 14.8. The standard InChI is InChI=1S/C15H22BrClFN/c1-3-5-6-7-8-13(19-4-2)11-9-10-12(16)14(17)15(11)18/h9-10,13,19H,3-8H2,1-2H3. The monoisotopic (exact) mass is 349 g/mol. The predicted octanol–water partition coefficient (Wildman–Crippen LogP) is 5.86. The van der Waals surface area contributed by atoms with E-state index in [1.165, 1.54) is 19.3 Å². The summed E-state index contributed by atoms with van der Waals surface area (Å²) in [6.45, 7) is 5.05. The van der Waals surface area contributed by atoms with Crippen LogP contribution in [0.4, 0.5) is 4.39 Å². The van der Waals surface area contributed by atoms with Gasteiger partial charge in [-0.15, -0.1) is 0 Å². The summed E-state index contributed by atoms with van der Waals surface area (Å²) in [5.74, 6) is -0.308. The van der Waals surface area contributed by atoms with Gasteiger partial charge in [-0.05, 0) is 35.0 Å². The van der Waals surface area contributed by atoms with Crippen molar-refractivity contribution < 1.29 is 4.39 Å². The van der Waals surface area contributed by atoms with Gasteiger partial charge in [-0.25, -0.2) is 4.39 Å². The zero-order valence-corrected chi connectivity index (χ0v) is 14.0. The van der Waals surface area contributed by atoms with Gasteiger partial charge in [0.2, 0.25) is 0 Å². The molecule has 0 radical (unpaired) electrons. The van der Waals surface area contributed by atoms with E-state index in [9.17, 15) is 4.39 Å². The van der Waals surface area contributed by atoms with Gasteiger partial charge < -0.3 is 5.32 Å². The van der Waals surface area contributed by atoms with E-state index < -0.39 is 0 Å². The molecule has 0 bridgehead atoms. The van der Waals surface area contributed by atoms with Crippen LogP contribution in [0.3, 0.4) is 0 Å². The molecule has 0 fully saturated rings. The van der Waals surface area contributed by atoms with Gasteiger partial charge in [0, 0.05) is 16.1 Å². The van der Waals surface area contributed by atoms with Crippen LogP contribution in [0, 0.1) is 5.82 Å². The van der Waals surface area contributed by atoms with Gasteiger partial charge in [-0.2, -0.15) is 0 Å². The molecule has 1 unspecified atom stereocenters. The van der Waals surface area contributed by atoms with Crippen LogP contribution >= 0.6 is 27.5 Å². The summed E-state index contributed by atoms with van der Waals surface area (Å²) in [7, 11) is 0. The van der Waals surface area contributed by atoms with E-state index in [1.807, 2.05) is 19.1 Å². The lowest BCUT2D eigenvalue weighted by molar-refractivity contribution is 0.461. The minimum Gasteiger partial charge on any atom is -0.310 e. The fourth-order valence-corrected chi connectivity index (χ4v) is 2.68. The zero-order chi connectivity index (χ0) is 14.3. The molecule has 0 saturated carbocycles. The molecule has 0 aliphatic rings. The van der Waals surface area contributed by atoms with Crippen LogP contribution in [0.2, 0.25) is 5.02 Å². The molecule has 0 aliphatic heterocycles. The normalized spacial score (nSPS) is 12.7. The first-order valence-electron chi connectivity index (χ1n) is 6.98. The Morgan fingerprint density at radius 2 is 2.00 bits per heavy atom. The summed E-state index contributed by atoms with van der Waals surface area (Å²) >= 11 is 9.21. The molecule has 0 spiro atoms. The van der Waals surface area contributed by atoms with Gasteiger partial charge in [0.25, 0.3) is 0 Å². The maximum atomic E-state index is 14.2. The Kier molecular flexibility index (Phi) is 7.96. The summed E-state index contributed by atoms with van der Waals surface area (Å²) in [6, 6.07) is 3.68. The number of unbranched alkanes of at least 4 members (excludes halogenated alkanes) is 3. The van der Waals surface area contributed by atoms with Gasteiger partial charge in [0.05, 0.1) is 5.02 Å². The quantitative estimate of drug-likeness (QED) is 0.457. The molecule has 1 N–H and O–H groups in total. The van der Waals surface area contributed by atoms with Crippen LogP contribution in [0.5, 0.6) is 0 Å². The molecular formula is C15H22BrClFN. The third-order valence-corrected chi connectivity index (χ3v) is 4.50. The number of halogens is 3. The Balaban J connectivity index is 2.78. The zero-order valence-electron chi connectivity index (χ0n) is 11.6. The molecule has 0 aromatic heterocycles. The minimum absolute atomic E-state index is 0.0486. The molecule has 0 heterocycles. The van der Waals surface area contributed by atoms with Crippen LogP contribution in [0.15, 0.2) is 16.6 Å². The summed E-state index contributed by atoms with van der Waals surface area (Å²) in [5, 5.41) is 3.52. The molecule has 19 heavy (non-hydrogen) atoms. The van der Waals surface area contributed by atoms with Gasteiger partial charge in [-0.1, -0.05) is 57.2 Å². The van der Waals surface area contributed by atoms with Gasteiger partial charge in [0.1, 0.15) is 5.82 Å². The largest absolute Gasteiger partial charge is 0.310 e. The van der Waals surface area contributed by atoms with Crippen molar-refractivity contribution in [3.8, 4) is 0 Å². The Labute approximate surface area is 129 Å². The van der Waals surface area contributed by atoms with E-state index in [4.69, 9.17) is 11.6 Å². The molecule has 1 rings (SSSR count). The van der Waals surface area contributed by atoms with Gasteiger partial charge in [-0.3, -0.25) is 0 Å². The lowest BCUT2D eigenvalue weighted by atomic mass is 9.99. The van der Waals surface area contributed by atoms with Crippen molar-refractivity contribution in [3.63, 3.8) is 0 Å². The first-order valence-corrected chi connectivity index (χ1v) is 8.15. The number of hydrogen-bond donors (Lipinski definition) is 1. The first kappa shape index (κ1) is 16.9. The Bertz CT molecular complexity index is 398.